The van der Waals surface area contributed by atoms with Gasteiger partial charge in [0.15, 0.2) is 11.2 Å². The number of carbonyl (C=O) groups is 1. The van der Waals surface area contributed by atoms with Crippen molar-refractivity contribution in [1.82, 2.24) is 24.0 Å². The SMILES string of the molecule is CC(NC(=O)Cn1cnc2c1c(=O)n(C)c(=O)n2C)c1cccc2ccccc12. The molecule has 1 amide bonds. The van der Waals surface area contributed by atoms with Crippen LogP contribution < -0.4 is 16.6 Å². The number of hydrogen-bond acceptors (Lipinski definition) is 4. The fraction of sp³-hybridized carbons (Fsp3) is 0.238. The Labute approximate surface area is 166 Å². The fourth-order valence-corrected chi connectivity index (χ4v) is 3.66. The number of aryl methyl sites for hydroxylation is 1. The Morgan fingerprint density at radius 3 is 2.59 bits per heavy atom. The number of rotatable bonds is 4. The van der Waals surface area contributed by atoms with E-state index >= 15 is 0 Å². The highest BCUT2D eigenvalue weighted by molar-refractivity contribution is 5.87. The highest BCUT2D eigenvalue weighted by Crippen LogP contribution is 2.24. The van der Waals surface area contributed by atoms with Crippen molar-refractivity contribution < 1.29 is 4.79 Å². The van der Waals surface area contributed by atoms with Crippen LogP contribution in [0.4, 0.5) is 0 Å². The van der Waals surface area contributed by atoms with E-state index in [1.54, 1.807) is 7.05 Å². The second-order valence-electron chi connectivity index (χ2n) is 7.11. The van der Waals surface area contributed by atoms with Gasteiger partial charge in [0.05, 0.1) is 12.4 Å². The number of nitrogens with one attached hydrogen (secondary N) is 1. The number of amides is 1. The maximum atomic E-state index is 12.7. The number of aromatic nitrogens is 4. The van der Waals surface area contributed by atoms with Crippen molar-refractivity contribution in [3.8, 4) is 0 Å². The average Bonchev–Trinajstić information content (AvgIpc) is 3.13. The Kier molecular flexibility index (Phi) is 4.54. The van der Waals surface area contributed by atoms with Crippen molar-refractivity contribution >= 4 is 27.8 Å². The molecule has 29 heavy (non-hydrogen) atoms. The van der Waals surface area contributed by atoms with Crippen LogP contribution in [0.2, 0.25) is 0 Å². The van der Waals surface area contributed by atoms with E-state index in [2.05, 4.69) is 10.3 Å². The molecule has 0 fully saturated rings. The molecule has 4 rings (SSSR count). The fourth-order valence-electron chi connectivity index (χ4n) is 3.66. The summed E-state index contributed by atoms with van der Waals surface area (Å²) < 4.78 is 3.78. The topological polar surface area (TPSA) is 90.9 Å². The van der Waals surface area contributed by atoms with Crippen LogP contribution >= 0.6 is 0 Å². The van der Waals surface area contributed by atoms with Crippen LogP contribution in [-0.2, 0) is 25.4 Å². The summed E-state index contributed by atoms with van der Waals surface area (Å²) in [5.74, 6) is -0.249. The quantitative estimate of drug-likeness (QED) is 0.570. The molecule has 4 aromatic rings. The van der Waals surface area contributed by atoms with E-state index in [1.807, 2.05) is 49.4 Å². The molecule has 0 spiro atoms. The van der Waals surface area contributed by atoms with E-state index < -0.39 is 11.2 Å². The second-order valence-corrected chi connectivity index (χ2v) is 7.11. The summed E-state index contributed by atoms with van der Waals surface area (Å²) >= 11 is 0. The summed E-state index contributed by atoms with van der Waals surface area (Å²) in [5, 5.41) is 5.18. The zero-order chi connectivity index (χ0) is 20.7. The van der Waals surface area contributed by atoms with Gasteiger partial charge in [-0.05, 0) is 23.3 Å². The predicted molar refractivity (Wildman–Crippen MR) is 111 cm³/mol. The van der Waals surface area contributed by atoms with Crippen molar-refractivity contribution in [2.75, 3.05) is 0 Å². The monoisotopic (exact) mass is 391 g/mol. The molecule has 2 aromatic carbocycles. The minimum absolute atomic E-state index is 0.0704. The zero-order valence-electron chi connectivity index (χ0n) is 16.4. The molecule has 2 aromatic heterocycles. The molecule has 0 aliphatic heterocycles. The van der Waals surface area contributed by atoms with E-state index in [1.165, 1.54) is 22.5 Å². The highest BCUT2D eigenvalue weighted by Gasteiger charge is 2.17. The highest BCUT2D eigenvalue weighted by atomic mass is 16.2. The molecule has 8 nitrogen and oxygen atoms in total. The Hall–Kier alpha value is -3.68. The lowest BCUT2D eigenvalue weighted by Gasteiger charge is -2.17. The Balaban J connectivity index is 1.62. The van der Waals surface area contributed by atoms with Crippen LogP contribution in [0.3, 0.4) is 0 Å². The van der Waals surface area contributed by atoms with E-state index in [9.17, 15) is 14.4 Å². The van der Waals surface area contributed by atoms with Gasteiger partial charge in [-0.2, -0.15) is 0 Å². The smallest absolute Gasteiger partial charge is 0.332 e. The van der Waals surface area contributed by atoms with Gasteiger partial charge < -0.3 is 9.88 Å². The molecule has 148 valence electrons. The summed E-state index contributed by atoms with van der Waals surface area (Å²) in [6, 6.07) is 13.8. The van der Waals surface area contributed by atoms with Crippen molar-refractivity contribution in [3.63, 3.8) is 0 Å². The second kappa shape index (κ2) is 7.05. The number of nitrogens with zero attached hydrogens (tertiary/aromatic N) is 4. The van der Waals surface area contributed by atoms with Crippen molar-refractivity contribution in [1.29, 1.82) is 0 Å². The summed E-state index contributed by atoms with van der Waals surface area (Å²) in [6.07, 6.45) is 1.41. The van der Waals surface area contributed by atoms with Crippen LogP contribution in [-0.4, -0.2) is 24.6 Å². The standard InChI is InChI=1S/C21H21N5O3/c1-13(15-10-6-8-14-7-4-5-9-16(14)15)23-17(27)11-26-12-22-19-18(26)20(28)25(3)21(29)24(19)2/h4-10,12-13H,11H2,1-3H3,(H,23,27). The van der Waals surface area contributed by atoms with E-state index in [0.717, 1.165) is 20.9 Å². The molecule has 2 heterocycles. The van der Waals surface area contributed by atoms with Gasteiger partial charge in [-0.3, -0.25) is 18.7 Å². The van der Waals surface area contributed by atoms with Crippen molar-refractivity contribution in [2.45, 2.75) is 19.5 Å². The molecular formula is C21H21N5O3. The van der Waals surface area contributed by atoms with Crippen LogP contribution in [0.15, 0.2) is 58.4 Å². The molecule has 0 saturated carbocycles. The lowest BCUT2D eigenvalue weighted by atomic mass is 10.00. The van der Waals surface area contributed by atoms with Gasteiger partial charge >= 0.3 is 5.69 Å². The third-order valence-electron chi connectivity index (χ3n) is 5.20. The number of imidazole rings is 1. The molecule has 0 aliphatic rings. The lowest BCUT2D eigenvalue weighted by Crippen LogP contribution is -2.38. The van der Waals surface area contributed by atoms with E-state index in [-0.39, 0.29) is 29.7 Å². The first kappa shape index (κ1) is 18.7. The summed E-state index contributed by atoms with van der Waals surface area (Å²) in [6.45, 7) is 1.85. The molecule has 1 N–H and O–H groups in total. The van der Waals surface area contributed by atoms with E-state index in [4.69, 9.17) is 0 Å². The van der Waals surface area contributed by atoms with Gasteiger partial charge in [-0.15, -0.1) is 0 Å². The van der Waals surface area contributed by atoms with Gasteiger partial charge in [0.25, 0.3) is 5.56 Å². The third-order valence-corrected chi connectivity index (χ3v) is 5.20. The molecule has 0 radical (unpaired) electrons. The van der Waals surface area contributed by atoms with Crippen molar-refractivity contribution in [3.05, 3.63) is 75.2 Å². The molecule has 8 heteroatoms. The zero-order valence-corrected chi connectivity index (χ0v) is 16.4. The van der Waals surface area contributed by atoms with Gasteiger partial charge in [-0.1, -0.05) is 42.5 Å². The van der Waals surface area contributed by atoms with Gasteiger partial charge in [-0.25, -0.2) is 9.78 Å². The van der Waals surface area contributed by atoms with Gasteiger partial charge in [0, 0.05) is 14.1 Å². The summed E-state index contributed by atoms with van der Waals surface area (Å²) in [5.41, 5.74) is 0.568. The van der Waals surface area contributed by atoms with Crippen LogP contribution in [0.25, 0.3) is 21.9 Å². The molecular weight excluding hydrogens is 370 g/mol. The maximum absolute atomic E-state index is 12.7. The molecule has 0 bridgehead atoms. The number of benzene rings is 2. The minimum atomic E-state index is -0.476. The first-order valence-corrected chi connectivity index (χ1v) is 9.26. The summed E-state index contributed by atoms with van der Waals surface area (Å²) in [7, 11) is 2.95. The third kappa shape index (κ3) is 3.12. The Morgan fingerprint density at radius 1 is 1.07 bits per heavy atom. The van der Waals surface area contributed by atoms with Gasteiger partial charge in [0.1, 0.15) is 6.54 Å². The Morgan fingerprint density at radius 2 is 1.79 bits per heavy atom. The van der Waals surface area contributed by atoms with Crippen LogP contribution in [0.5, 0.6) is 0 Å². The number of hydrogen-bond donors (Lipinski definition) is 1. The van der Waals surface area contributed by atoms with Crippen LogP contribution in [0, 0.1) is 0 Å². The molecule has 1 unspecified atom stereocenters. The normalized spacial score (nSPS) is 12.4. The number of fused-ring (bicyclic) bond motifs is 2. The van der Waals surface area contributed by atoms with Crippen molar-refractivity contribution in [2.24, 2.45) is 14.1 Å². The van der Waals surface area contributed by atoms with Crippen LogP contribution in [0.1, 0.15) is 18.5 Å². The molecule has 0 saturated heterocycles. The summed E-state index contributed by atoms with van der Waals surface area (Å²) in [4.78, 5) is 41.4. The molecule has 1 atom stereocenters. The largest absolute Gasteiger partial charge is 0.348 e. The first-order chi connectivity index (χ1) is 13.9. The Bertz CT molecular complexity index is 1360. The van der Waals surface area contributed by atoms with Gasteiger partial charge in [0.2, 0.25) is 5.91 Å². The van der Waals surface area contributed by atoms with E-state index in [0.29, 0.717) is 0 Å². The first-order valence-electron chi connectivity index (χ1n) is 9.26. The maximum Gasteiger partial charge on any atom is 0.332 e. The lowest BCUT2D eigenvalue weighted by molar-refractivity contribution is -0.122. The molecule has 0 aliphatic carbocycles. The average molecular weight is 391 g/mol. The number of carbonyl (C=O) groups excluding carboxylic acids is 1. The minimum Gasteiger partial charge on any atom is -0.348 e. The predicted octanol–water partition coefficient (Wildman–Crippen LogP) is 1.46.